The number of nitrogens with two attached hydrogens (primary N) is 1. The predicted octanol–water partition coefficient (Wildman–Crippen LogP) is 3.63. The number of primary sulfonamides is 1. The number of rotatable bonds is 7. The van der Waals surface area contributed by atoms with Crippen molar-refractivity contribution in [2.45, 2.75) is 30.3 Å². The first-order valence-electron chi connectivity index (χ1n) is 10.2. The van der Waals surface area contributed by atoms with Crippen molar-refractivity contribution < 1.29 is 23.1 Å². The number of nitrogens with one attached hydrogen (secondary N) is 1. The van der Waals surface area contributed by atoms with E-state index in [1.807, 2.05) is 24.3 Å². The second-order valence-corrected chi connectivity index (χ2v) is 9.29. The highest BCUT2D eigenvalue weighted by Gasteiger charge is 2.26. The van der Waals surface area contributed by atoms with Crippen molar-refractivity contribution in [3.05, 3.63) is 77.4 Å². The van der Waals surface area contributed by atoms with E-state index in [1.54, 1.807) is 12.1 Å². The second kappa shape index (κ2) is 8.74. The van der Waals surface area contributed by atoms with Crippen LogP contribution in [0.2, 0.25) is 0 Å². The maximum atomic E-state index is 12.8. The average Bonchev–Trinajstić information content (AvgIpc) is 3.63. The van der Waals surface area contributed by atoms with Gasteiger partial charge in [0.1, 0.15) is 10.6 Å². The third kappa shape index (κ3) is 4.52. The van der Waals surface area contributed by atoms with Gasteiger partial charge in [0.15, 0.2) is 0 Å². The van der Waals surface area contributed by atoms with Gasteiger partial charge in [0.05, 0.1) is 13.7 Å². The quantitative estimate of drug-likeness (QED) is 0.506. The SMILES string of the molecule is COc1cc(NC(=O)c2ccc(-c3ccccc3C3CC3)c(CO)c2)ccc1S(N)(=O)=O. The fourth-order valence-corrected chi connectivity index (χ4v) is 4.49. The summed E-state index contributed by atoms with van der Waals surface area (Å²) in [6, 6.07) is 17.5. The van der Waals surface area contributed by atoms with Crippen molar-refractivity contribution in [2.24, 2.45) is 5.14 Å². The Morgan fingerprint density at radius 1 is 1.09 bits per heavy atom. The van der Waals surface area contributed by atoms with E-state index in [4.69, 9.17) is 9.88 Å². The largest absolute Gasteiger partial charge is 0.495 e. The third-order valence-electron chi connectivity index (χ3n) is 5.53. The van der Waals surface area contributed by atoms with Crippen molar-refractivity contribution in [1.82, 2.24) is 0 Å². The van der Waals surface area contributed by atoms with Crippen molar-refractivity contribution in [3.8, 4) is 16.9 Å². The lowest BCUT2D eigenvalue weighted by Crippen LogP contribution is -2.15. The molecule has 0 spiro atoms. The topological polar surface area (TPSA) is 119 Å². The predicted molar refractivity (Wildman–Crippen MR) is 122 cm³/mol. The molecule has 166 valence electrons. The fraction of sp³-hybridized carbons (Fsp3) is 0.208. The number of hydrogen-bond donors (Lipinski definition) is 3. The molecule has 0 saturated heterocycles. The number of methoxy groups -OCH3 is 1. The maximum absolute atomic E-state index is 12.8. The van der Waals surface area contributed by atoms with E-state index < -0.39 is 15.9 Å². The fourth-order valence-electron chi connectivity index (χ4n) is 3.80. The van der Waals surface area contributed by atoms with E-state index in [0.29, 0.717) is 22.7 Å². The van der Waals surface area contributed by atoms with Crippen LogP contribution in [-0.2, 0) is 16.6 Å². The number of anilines is 1. The number of aliphatic hydroxyl groups excluding tert-OH is 1. The Labute approximate surface area is 186 Å². The molecular weight excluding hydrogens is 428 g/mol. The molecule has 0 bridgehead atoms. The van der Waals surface area contributed by atoms with Crippen LogP contribution < -0.4 is 15.2 Å². The van der Waals surface area contributed by atoms with Gasteiger partial charge in [0, 0.05) is 17.3 Å². The number of aliphatic hydroxyl groups is 1. The van der Waals surface area contributed by atoms with Crippen LogP contribution in [0.4, 0.5) is 5.69 Å². The molecule has 1 amide bonds. The third-order valence-corrected chi connectivity index (χ3v) is 6.48. The number of sulfonamides is 1. The minimum atomic E-state index is -3.95. The number of amides is 1. The number of carbonyl (C=O) groups excluding carboxylic acids is 1. The molecule has 1 saturated carbocycles. The number of hydrogen-bond acceptors (Lipinski definition) is 5. The Hall–Kier alpha value is -3.20. The minimum Gasteiger partial charge on any atom is -0.495 e. The smallest absolute Gasteiger partial charge is 0.255 e. The van der Waals surface area contributed by atoms with Crippen LogP contribution in [0.3, 0.4) is 0 Å². The summed E-state index contributed by atoms with van der Waals surface area (Å²) < 4.78 is 28.4. The first-order valence-corrected chi connectivity index (χ1v) is 11.7. The normalized spacial score (nSPS) is 13.6. The van der Waals surface area contributed by atoms with Gasteiger partial charge in [-0.15, -0.1) is 0 Å². The molecule has 1 aliphatic rings. The Kier molecular flexibility index (Phi) is 6.01. The lowest BCUT2D eigenvalue weighted by atomic mass is 9.92. The molecule has 4 N–H and O–H groups in total. The van der Waals surface area contributed by atoms with Crippen LogP contribution in [-0.4, -0.2) is 26.5 Å². The summed E-state index contributed by atoms with van der Waals surface area (Å²) in [4.78, 5) is 12.7. The zero-order valence-electron chi connectivity index (χ0n) is 17.5. The van der Waals surface area contributed by atoms with Gasteiger partial charge in [0.2, 0.25) is 10.0 Å². The van der Waals surface area contributed by atoms with Gasteiger partial charge in [-0.05, 0) is 65.3 Å². The lowest BCUT2D eigenvalue weighted by Gasteiger charge is -2.14. The van der Waals surface area contributed by atoms with Crippen molar-refractivity contribution in [1.29, 1.82) is 0 Å². The molecule has 0 aliphatic heterocycles. The Balaban J connectivity index is 1.62. The average molecular weight is 453 g/mol. The van der Waals surface area contributed by atoms with Gasteiger partial charge < -0.3 is 15.2 Å². The molecule has 1 fully saturated rings. The zero-order valence-corrected chi connectivity index (χ0v) is 18.4. The number of ether oxygens (including phenoxy) is 1. The van der Waals surface area contributed by atoms with E-state index in [-0.39, 0.29) is 17.3 Å². The van der Waals surface area contributed by atoms with E-state index in [0.717, 1.165) is 11.1 Å². The standard InChI is InChI=1S/C24H24N2O5S/c1-31-22-13-18(9-11-23(22)32(25,29)30)26-24(28)16-8-10-20(17(12-16)14-27)21-5-3-2-4-19(21)15-6-7-15/h2-5,8-13,15,27H,6-7,14H2,1H3,(H,26,28)(H2,25,29,30). The maximum Gasteiger partial charge on any atom is 0.255 e. The van der Waals surface area contributed by atoms with Crippen LogP contribution in [0.25, 0.3) is 11.1 Å². The highest BCUT2D eigenvalue weighted by Crippen LogP contribution is 2.45. The summed E-state index contributed by atoms with van der Waals surface area (Å²) in [5.41, 5.74) is 4.64. The van der Waals surface area contributed by atoms with Gasteiger partial charge in [-0.2, -0.15) is 0 Å². The summed E-state index contributed by atoms with van der Waals surface area (Å²) in [5, 5.41) is 17.9. The molecule has 0 unspecified atom stereocenters. The summed E-state index contributed by atoms with van der Waals surface area (Å²) in [7, 11) is -2.63. The Morgan fingerprint density at radius 3 is 2.50 bits per heavy atom. The van der Waals surface area contributed by atoms with Gasteiger partial charge in [-0.3, -0.25) is 4.79 Å². The van der Waals surface area contributed by atoms with Crippen molar-refractivity contribution in [2.75, 3.05) is 12.4 Å². The first-order chi connectivity index (χ1) is 15.3. The molecular formula is C24H24N2O5S. The molecule has 4 rings (SSSR count). The molecule has 0 atom stereocenters. The Bertz CT molecular complexity index is 1280. The van der Waals surface area contributed by atoms with Gasteiger partial charge in [-0.1, -0.05) is 30.3 Å². The summed E-state index contributed by atoms with van der Waals surface area (Å²) >= 11 is 0. The molecule has 0 heterocycles. The zero-order chi connectivity index (χ0) is 22.9. The molecule has 0 radical (unpaired) electrons. The molecule has 0 aromatic heterocycles. The van der Waals surface area contributed by atoms with Crippen LogP contribution in [0.5, 0.6) is 5.75 Å². The van der Waals surface area contributed by atoms with Gasteiger partial charge >= 0.3 is 0 Å². The van der Waals surface area contributed by atoms with Crippen LogP contribution in [0.15, 0.2) is 65.6 Å². The highest BCUT2D eigenvalue weighted by atomic mass is 32.2. The molecule has 7 nitrogen and oxygen atoms in total. The van der Waals surface area contributed by atoms with E-state index in [9.17, 15) is 18.3 Å². The molecule has 3 aromatic rings. The first kappa shape index (κ1) is 22.0. The van der Waals surface area contributed by atoms with Gasteiger partial charge in [0.25, 0.3) is 5.91 Å². The summed E-state index contributed by atoms with van der Waals surface area (Å²) in [5.74, 6) is 0.191. The van der Waals surface area contributed by atoms with Crippen LogP contribution >= 0.6 is 0 Å². The van der Waals surface area contributed by atoms with Crippen molar-refractivity contribution in [3.63, 3.8) is 0 Å². The molecule has 32 heavy (non-hydrogen) atoms. The number of carbonyl (C=O) groups is 1. The second-order valence-electron chi connectivity index (χ2n) is 7.76. The van der Waals surface area contributed by atoms with E-state index in [2.05, 4.69) is 11.4 Å². The lowest BCUT2D eigenvalue weighted by molar-refractivity contribution is 0.102. The minimum absolute atomic E-state index is 0.0355. The van der Waals surface area contributed by atoms with E-state index >= 15 is 0 Å². The molecule has 3 aromatic carbocycles. The number of benzene rings is 3. The Morgan fingerprint density at radius 2 is 1.84 bits per heavy atom. The van der Waals surface area contributed by atoms with Crippen LogP contribution in [0, 0.1) is 0 Å². The van der Waals surface area contributed by atoms with Crippen LogP contribution in [0.1, 0.15) is 40.2 Å². The van der Waals surface area contributed by atoms with Gasteiger partial charge in [-0.25, -0.2) is 13.6 Å². The summed E-state index contributed by atoms with van der Waals surface area (Å²) in [6.07, 6.45) is 2.33. The van der Waals surface area contributed by atoms with Crippen molar-refractivity contribution >= 4 is 21.6 Å². The monoisotopic (exact) mass is 452 g/mol. The van der Waals surface area contributed by atoms with E-state index in [1.165, 1.54) is 43.7 Å². The molecule has 1 aliphatic carbocycles. The highest BCUT2D eigenvalue weighted by molar-refractivity contribution is 7.89. The summed E-state index contributed by atoms with van der Waals surface area (Å²) in [6.45, 7) is -0.202. The molecule has 8 heteroatoms.